The molecule has 0 aliphatic heterocycles. The highest BCUT2D eigenvalue weighted by Crippen LogP contribution is 2.15. The summed E-state index contributed by atoms with van der Waals surface area (Å²) in [7, 11) is -3.45. The summed E-state index contributed by atoms with van der Waals surface area (Å²) in [6.07, 6.45) is 2.91. The number of hydrogen-bond acceptors (Lipinski definition) is 3. The second-order valence-corrected chi connectivity index (χ2v) is 6.12. The highest BCUT2D eigenvalue weighted by atomic mass is 32.2. The Bertz CT molecular complexity index is 483. The van der Waals surface area contributed by atoms with E-state index in [0.717, 1.165) is 24.8 Å². The monoisotopic (exact) mass is 271 g/mol. The van der Waals surface area contributed by atoms with Crippen molar-refractivity contribution in [1.82, 2.24) is 4.72 Å². The van der Waals surface area contributed by atoms with Crippen molar-refractivity contribution < 1.29 is 13.5 Å². The summed E-state index contributed by atoms with van der Waals surface area (Å²) in [5.41, 5.74) is 1.54. The fraction of sp³-hybridized carbons (Fsp3) is 0.538. The molecule has 0 aromatic heterocycles. The minimum atomic E-state index is -3.45. The Balaban J connectivity index is 2.78. The number of hydrogen-bond donors (Lipinski definition) is 2. The molecule has 0 radical (unpaired) electrons. The number of rotatable bonds is 7. The third kappa shape index (κ3) is 4.08. The van der Waals surface area contributed by atoms with Gasteiger partial charge in [0.2, 0.25) is 10.0 Å². The Hall–Kier alpha value is -0.910. The molecule has 0 amide bonds. The number of unbranched alkanes of at least 4 members (excludes halogenated alkanes) is 2. The zero-order valence-electron chi connectivity index (χ0n) is 10.9. The molecule has 0 unspecified atom stereocenters. The molecule has 0 aliphatic carbocycles. The lowest BCUT2D eigenvalue weighted by atomic mass is 10.1. The van der Waals surface area contributed by atoms with Gasteiger partial charge in [-0.3, -0.25) is 0 Å². The predicted octanol–water partition coefficient (Wildman–Crippen LogP) is 1.96. The fourth-order valence-corrected chi connectivity index (χ4v) is 2.77. The van der Waals surface area contributed by atoms with Gasteiger partial charge >= 0.3 is 0 Å². The van der Waals surface area contributed by atoms with Crippen molar-refractivity contribution in [2.45, 2.75) is 44.6 Å². The van der Waals surface area contributed by atoms with Crippen LogP contribution in [0.5, 0.6) is 0 Å². The molecule has 102 valence electrons. The van der Waals surface area contributed by atoms with Crippen LogP contribution in [0.3, 0.4) is 0 Å². The molecule has 1 aromatic rings. The molecule has 0 heterocycles. The maximum absolute atomic E-state index is 12.0. The molecule has 18 heavy (non-hydrogen) atoms. The van der Waals surface area contributed by atoms with E-state index in [1.807, 2.05) is 6.92 Å². The summed E-state index contributed by atoms with van der Waals surface area (Å²) in [6, 6.07) is 4.81. The van der Waals surface area contributed by atoms with E-state index in [4.69, 9.17) is 5.11 Å². The first-order valence-electron chi connectivity index (χ1n) is 6.21. The van der Waals surface area contributed by atoms with E-state index in [1.165, 1.54) is 6.07 Å². The van der Waals surface area contributed by atoms with E-state index in [2.05, 4.69) is 11.6 Å². The van der Waals surface area contributed by atoms with Gasteiger partial charge in [-0.2, -0.15) is 0 Å². The van der Waals surface area contributed by atoms with Gasteiger partial charge in [0.1, 0.15) is 0 Å². The van der Waals surface area contributed by atoms with Crippen LogP contribution in [0.2, 0.25) is 0 Å². The van der Waals surface area contributed by atoms with Crippen LogP contribution < -0.4 is 4.72 Å². The Morgan fingerprint density at radius 2 is 2.00 bits per heavy atom. The number of benzene rings is 1. The lowest BCUT2D eigenvalue weighted by Crippen LogP contribution is -2.25. The molecule has 1 aromatic carbocycles. The van der Waals surface area contributed by atoms with Crippen LogP contribution in [0.25, 0.3) is 0 Å². The molecule has 2 N–H and O–H groups in total. The normalized spacial score (nSPS) is 11.7. The number of nitrogens with one attached hydrogen (secondary N) is 1. The van der Waals surface area contributed by atoms with Crippen molar-refractivity contribution in [3.63, 3.8) is 0 Å². The van der Waals surface area contributed by atoms with E-state index in [1.54, 1.807) is 12.1 Å². The second-order valence-electron chi connectivity index (χ2n) is 4.35. The zero-order chi connectivity index (χ0) is 13.6. The first kappa shape index (κ1) is 15.1. The van der Waals surface area contributed by atoms with Crippen molar-refractivity contribution in [3.8, 4) is 0 Å². The summed E-state index contributed by atoms with van der Waals surface area (Å²) < 4.78 is 26.5. The summed E-state index contributed by atoms with van der Waals surface area (Å²) in [4.78, 5) is 0.216. The Morgan fingerprint density at radius 1 is 1.28 bits per heavy atom. The van der Waals surface area contributed by atoms with Gasteiger partial charge in [0.15, 0.2) is 0 Å². The van der Waals surface area contributed by atoms with Crippen LogP contribution in [0.15, 0.2) is 23.1 Å². The summed E-state index contributed by atoms with van der Waals surface area (Å²) >= 11 is 0. The molecule has 4 nitrogen and oxygen atoms in total. The summed E-state index contributed by atoms with van der Waals surface area (Å²) in [5.74, 6) is 0. The number of aliphatic hydroxyl groups excluding tert-OH is 1. The average molecular weight is 271 g/mol. The maximum atomic E-state index is 12.0. The highest BCUT2D eigenvalue weighted by Gasteiger charge is 2.14. The number of aryl methyl sites for hydroxylation is 1. The Morgan fingerprint density at radius 3 is 2.61 bits per heavy atom. The average Bonchev–Trinajstić information content (AvgIpc) is 2.35. The third-order valence-corrected chi connectivity index (χ3v) is 4.33. The molecule has 0 spiro atoms. The van der Waals surface area contributed by atoms with Gasteiger partial charge in [-0.25, -0.2) is 13.1 Å². The van der Waals surface area contributed by atoms with Crippen molar-refractivity contribution >= 4 is 10.0 Å². The minimum Gasteiger partial charge on any atom is -0.392 e. The molecule has 0 fully saturated rings. The molecule has 0 saturated heterocycles. The van der Waals surface area contributed by atoms with E-state index >= 15 is 0 Å². The molecule has 1 rings (SSSR count). The molecule has 0 aliphatic rings. The molecule has 0 saturated carbocycles. The van der Waals surface area contributed by atoms with Crippen molar-refractivity contribution in [1.29, 1.82) is 0 Å². The highest BCUT2D eigenvalue weighted by molar-refractivity contribution is 7.89. The first-order chi connectivity index (χ1) is 8.51. The smallest absolute Gasteiger partial charge is 0.240 e. The van der Waals surface area contributed by atoms with Crippen LogP contribution in [-0.4, -0.2) is 20.1 Å². The molecule has 0 atom stereocenters. The molecule has 0 bridgehead atoms. The number of aliphatic hydroxyl groups is 1. The zero-order valence-corrected chi connectivity index (χ0v) is 11.8. The van der Waals surface area contributed by atoms with Crippen LogP contribution in [0.4, 0.5) is 0 Å². The Kier molecular flexibility index (Phi) is 5.78. The van der Waals surface area contributed by atoms with E-state index in [0.29, 0.717) is 12.1 Å². The van der Waals surface area contributed by atoms with E-state index in [9.17, 15) is 8.42 Å². The summed E-state index contributed by atoms with van der Waals surface area (Å²) in [5, 5.41) is 9.14. The lowest BCUT2D eigenvalue weighted by Gasteiger charge is -2.09. The van der Waals surface area contributed by atoms with Gasteiger partial charge in [0.05, 0.1) is 11.5 Å². The van der Waals surface area contributed by atoms with Crippen molar-refractivity contribution in [2.75, 3.05) is 6.54 Å². The summed E-state index contributed by atoms with van der Waals surface area (Å²) in [6.45, 7) is 4.22. The SMILES string of the molecule is CCCCCNS(=O)(=O)c1ccc(C)c(CO)c1. The second kappa shape index (κ2) is 6.87. The molecule has 5 heteroatoms. The first-order valence-corrected chi connectivity index (χ1v) is 7.69. The number of sulfonamides is 1. The van der Waals surface area contributed by atoms with Crippen LogP contribution in [0, 0.1) is 6.92 Å². The molecular formula is C13H21NO3S. The molecular weight excluding hydrogens is 250 g/mol. The van der Waals surface area contributed by atoms with Crippen LogP contribution in [-0.2, 0) is 16.6 Å². The van der Waals surface area contributed by atoms with Gasteiger partial charge < -0.3 is 5.11 Å². The predicted molar refractivity (Wildman–Crippen MR) is 71.8 cm³/mol. The minimum absolute atomic E-state index is 0.148. The van der Waals surface area contributed by atoms with Crippen molar-refractivity contribution in [3.05, 3.63) is 29.3 Å². The van der Waals surface area contributed by atoms with E-state index in [-0.39, 0.29) is 11.5 Å². The van der Waals surface area contributed by atoms with E-state index < -0.39 is 10.0 Å². The van der Waals surface area contributed by atoms with Crippen LogP contribution >= 0.6 is 0 Å². The van der Waals surface area contributed by atoms with Crippen LogP contribution in [0.1, 0.15) is 37.3 Å². The largest absolute Gasteiger partial charge is 0.392 e. The Labute approximate surface area is 109 Å². The van der Waals surface area contributed by atoms with Crippen molar-refractivity contribution in [2.24, 2.45) is 0 Å². The van der Waals surface area contributed by atoms with Gasteiger partial charge in [0, 0.05) is 6.54 Å². The van der Waals surface area contributed by atoms with Gasteiger partial charge in [-0.05, 0) is 36.6 Å². The topological polar surface area (TPSA) is 66.4 Å². The lowest BCUT2D eigenvalue weighted by molar-refractivity contribution is 0.280. The fourth-order valence-electron chi connectivity index (χ4n) is 1.65. The standard InChI is InChI=1S/C13H21NO3S/c1-3-4-5-8-14-18(16,17)13-7-6-11(2)12(9-13)10-15/h6-7,9,14-15H,3-5,8,10H2,1-2H3. The van der Waals surface area contributed by atoms with Gasteiger partial charge in [0.25, 0.3) is 0 Å². The quantitative estimate of drug-likeness (QED) is 0.745. The third-order valence-electron chi connectivity index (χ3n) is 2.87. The van der Waals surface area contributed by atoms with Gasteiger partial charge in [-0.15, -0.1) is 0 Å². The van der Waals surface area contributed by atoms with Gasteiger partial charge in [-0.1, -0.05) is 25.8 Å². The maximum Gasteiger partial charge on any atom is 0.240 e.